The molecule has 0 fully saturated rings. The van der Waals surface area contributed by atoms with Gasteiger partial charge in [0.2, 0.25) is 0 Å². The molecule has 0 aliphatic heterocycles. The summed E-state index contributed by atoms with van der Waals surface area (Å²) in [7, 11) is 0. The number of aromatic nitrogens is 2. The minimum atomic E-state index is -1.07. The van der Waals surface area contributed by atoms with Crippen molar-refractivity contribution in [2.75, 3.05) is 6.54 Å². The topological polar surface area (TPSA) is 64.0 Å². The first-order valence-electron chi connectivity index (χ1n) is 8.41. The van der Waals surface area contributed by atoms with Crippen LogP contribution in [0.5, 0.6) is 0 Å². The van der Waals surface area contributed by atoms with Gasteiger partial charge < -0.3 is 5.32 Å². The van der Waals surface area contributed by atoms with Gasteiger partial charge in [-0.25, -0.2) is 13.5 Å². The number of hydrogen-bond acceptors (Lipinski definition) is 3. The number of benzene rings is 2. The summed E-state index contributed by atoms with van der Waals surface area (Å²) < 4.78 is 27.4. The maximum Gasteiger partial charge on any atom is 0.266 e. The lowest BCUT2D eigenvalue weighted by molar-refractivity contribution is 0.0952. The second kappa shape index (κ2) is 8.35. The van der Waals surface area contributed by atoms with Crippen LogP contribution < -0.4 is 10.9 Å². The van der Waals surface area contributed by atoms with Crippen LogP contribution in [0.15, 0.2) is 65.5 Å². The SMILES string of the molecule is O=C(NCCCn1nc(-c2ccccc2)ccc1=O)c1ccc(F)c(F)c1. The summed E-state index contributed by atoms with van der Waals surface area (Å²) in [6.45, 7) is 0.582. The number of hydrogen-bond donors (Lipinski definition) is 1. The number of nitrogens with one attached hydrogen (secondary N) is 1. The Kier molecular flexibility index (Phi) is 5.71. The lowest BCUT2D eigenvalue weighted by Gasteiger charge is -2.08. The Balaban J connectivity index is 1.58. The van der Waals surface area contributed by atoms with Gasteiger partial charge in [-0.3, -0.25) is 9.59 Å². The standard InChI is InChI=1S/C20H17F2N3O2/c21-16-8-7-15(13-17(16)22)20(27)23-11-4-12-25-19(26)10-9-18(24-25)14-5-2-1-3-6-14/h1-3,5-10,13H,4,11-12H2,(H,23,27). The Morgan fingerprint density at radius 1 is 1.00 bits per heavy atom. The molecule has 0 aliphatic carbocycles. The molecule has 0 unspecified atom stereocenters. The highest BCUT2D eigenvalue weighted by molar-refractivity contribution is 5.94. The van der Waals surface area contributed by atoms with Crippen molar-refractivity contribution in [3.63, 3.8) is 0 Å². The van der Waals surface area contributed by atoms with E-state index in [2.05, 4.69) is 10.4 Å². The average Bonchev–Trinajstić information content (AvgIpc) is 2.69. The summed E-state index contributed by atoms with van der Waals surface area (Å²) in [5.41, 5.74) is 1.38. The number of carbonyl (C=O) groups is 1. The molecule has 0 saturated carbocycles. The van der Waals surface area contributed by atoms with Gasteiger partial charge in [-0.15, -0.1) is 0 Å². The van der Waals surface area contributed by atoms with Crippen molar-refractivity contribution < 1.29 is 13.6 Å². The molecule has 7 heteroatoms. The van der Waals surface area contributed by atoms with E-state index in [0.717, 1.165) is 17.7 Å². The number of amides is 1. The van der Waals surface area contributed by atoms with E-state index in [1.54, 1.807) is 6.07 Å². The van der Waals surface area contributed by atoms with Crippen molar-refractivity contribution in [2.45, 2.75) is 13.0 Å². The fourth-order valence-electron chi connectivity index (χ4n) is 2.54. The smallest absolute Gasteiger partial charge is 0.266 e. The molecule has 1 heterocycles. The second-order valence-corrected chi connectivity index (χ2v) is 5.88. The van der Waals surface area contributed by atoms with E-state index in [1.807, 2.05) is 30.3 Å². The maximum absolute atomic E-state index is 13.2. The normalized spacial score (nSPS) is 10.6. The predicted molar refractivity (Wildman–Crippen MR) is 97.2 cm³/mol. The van der Waals surface area contributed by atoms with Crippen LogP contribution in [0.25, 0.3) is 11.3 Å². The third kappa shape index (κ3) is 4.63. The maximum atomic E-state index is 13.2. The van der Waals surface area contributed by atoms with Gasteiger partial charge in [0.15, 0.2) is 11.6 Å². The van der Waals surface area contributed by atoms with E-state index in [9.17, 15) is 18.4 Å². The van der Waals surface area contributed by atoms with Crippen LogP contribution >= 0.6 is 0 Å². The van der Waals surface area contributed by atoms with Crippen LogP contribution in [0.1, 0.15) is 16.8 Å². The van der Waals surface area contributed by atoms with Crippen molar-refractivity contribution in [3.05, 3.63) is 88.2 Å². The fourth-order valence-corrected chi connectivity index (χ4v) is 2.54. The Bertz CT molecular complexity index is 1000. The van der Waals surface area contributed by atoms with Gasteiger partial charge in [0.05, 0.1) is 5.69 Å². The van der Waals surface area contributed by atoms with Crippen molar-refractivity contribution >= 4 is 5.91 Å². The quantitative estimate of drug-likeness (QED) is 0.680. The average molecular weight is 369 g/mol. The molecule has 0 bridgehead atoms. The van der Waals surface area contributed by atoms with Gasteiger partial charge in [0.1, 0.15) is 0 Å². The van der Waals surface area contributed by atoms with Crippen molar-refractivity contribution in [3.8, 4) is 11.3 Å². The van der Waals surface area contributed by atoms with Crippen molar-refractivity contribution in [1.29, 1.82) is 0 Å². The van der Waals surface area contributed by atoms with E-state index in [-0.39, 0.29) is 17.7 Å². The number of halogens is 2. The van der Waals surface area contributed by atoms with Gasteiger partial charge in [0.25, 0.3) is 11.5 Å². The molecule has 5 nitrogen and oxygen atoms in total. The number of rotatable bonds is 6. The summed E-state index contributed by atoms with van der Waals surface area (Å²) >= 11 is 0. The highest BCUT2D eigenvalue weighted by Crippen LogP contribution is 2.14. The summed E-state index contributed by atoms with van der Waals surface area (Å²) in [5, 5.41) is 6.95. The van der Waals surface area contributed by atoms with Gasteiger partial charge in [-0.05, 0) is 30.7 Å². The van der Waals surface area contributed by atoms with Crippen LogP contribution in [0.3, 0.4) is 0 Å². The monoisotopic (exact) mass is 369 g/mol. The summed E-state index contributed by atoms with van der Waals surface area (Å²) in [5.74, 6) is -2.58. The fraction of sp³-hybridized carbons (Fsp3) is 0.150. The molecular weight excluding hydrogens is 352 g/mol. The second-order valence-electron chi connectivity index (χ2n) is 5.88. The third-order valence-electron chi connectivity index (χ3n) is 3.95. The van der Waals surface area contributed by atoms with E-state index in [1.165, 1.54) is 16.8 Å². The Morgan fingerprint density at radius 2 is 1.78 bits per heavy atom. The molecule has 138 valence electrons. The van der Waals surface area contributed by atoms with Gasteiger partial charge >= 0.3 is 0 Å². The van der Waals surface area contributed by atoms with Crippen LogP contribution in [0, 0.1) is 11.6 Å². The van der Waals surface area contributed by atoms with Crippen molar-refractivity contribution in [1.82, 2.24) is 15.1 Å². The first kappa shape index (κ1) is 18.4. The van der Waals surface area contributed by atoms with Gasteiger partial charge in [0, 0.05) is 30.3 Å². The third-order valence-corrected chi connectivity index (χ3v) is 3.95. The molecule has 3 rings (SSSR count). The van der Waals surface area contributed by atoms with Crippen LogP contribution in [-0.2, 0) is 6.54 Å². The number of aryl methyl sites for hydroxylation is 1. The number of nitrogens with zero attached hydrogens (tertiary/aromatic N) is 2. The highest BCUT2D eigenvalue weighted by atomic mass is 19.2. The molecule has 1 amide bonds. The van der Waals surface area contributed by atoms with E-state index in [0.29, 0.717) is 18.7 Å². The largest absolute Gasteiger partial charge is 0.352 e. The van der Waals surface area contributed by atoms with Gasteiger partial charge in [-0.1, -0.05) is 30.3 Å². The zero-order valence-corrected chi connectivity index (χ0v) is 14.4. The van der Waals surface area contributed by atoms with Crippen LogP contribution in [-0.4, -0.2) is 22.2 Å². The molecule has 1 N–H and O–H groups in total. The zero-order chi connectivity index (χ0) is 19.2. The summed E-state index contributed by atoms with van der Waals surface area (Å²) in [6, 6.07) is 15.6. The molecular formula is C20H17F2N3O2. The Morgan fingerprint density at radius 3 is 2.52 bits per heavy atom. The first-order valence-corrected chi connectivity index (χ1v) is 8.41. The molecule has 1 aromatic heterocycles. The Hall–Kier alpha value is -3.35. The Labute approximate surface area is 154 Å². The van der Waals surface area contributed by atoms with Gasteiger partial charge in [-0.2, -0.15) is 5.10 Å². The zero-order valence-electron chi connectivity index (χ0n) is 14.4. The first-order chi connectivity index (χ1) is 13.0. The van der Waals surface area contributed by atoms with Crippen LogP contribution in [0.4, 0.5) is 8.78 Å². The predicted octanol–water partition coefficient (Wildman–Crippen LogP) is 3.01. The minimum Gasteiger partial charge on any atom is -0.352 e. The molecule has 0 atom stereocenters. The molecule has 2 aromatic carbocycles. The highest BCUT2D eigenvalue weighted by Gasteiger charge is 2.09. The lowest BCUT2D eigenvalue weighted by Crippen LogP contribution is -2.28. The van der Waals surface area contributed by atoms with Crippen LogP contribution in [0.2, 0.25) is 0 Å². The molecule has 0 spiro atoms. The minimum absolute atomic E-state index is 0.0373. The van der Waals surface area contributed by atoms with E-state index >= 15 is 0 Å². The molecule has 0 aliphatic rings. The molecule has 27 heavy (non-hydrogen) atoms. The molecule has 0 saturated heterocycles. The lowest BCUT2D eigenvalue weighted by atomic mass is 10.1. The number of carbonyl (C=O) groups excluding carboxylic acids is 1. The van der Waals surface area contributed by atoms with E-state index in [4.69, 9.17) is 0 Å². The summed E-state index contributed by atoms with van der Waals surface area (Å²) in [6.07, 6.45) is 0.459. The summed E-state index contributed by atoms with van der Waals surface area (Å²) in [4.78, 5) is 23.9. The van der Waals surface area contributed by atoms with E-state index < -0.39 is 17.5 Å². The van der Waals surface area contributed by atoms with Crippen molar-refractivity contribution in [2.24, 2.45) is 0 Å². The molecule has 0 radical (unpaired) electrons. The molecule has 3 aromatic rings.